The quantitative estimate of drug-likeness (QED) is 0.689. The molecule has 1 aromatic rings. The topological polar surface area (TPSA) is 44.8 Å². The Bertz CT molecular complexity index is 729. The van der Waals surface area contributed by atoms with Crippen molar-refractivity contribution in [2.24, 2.45) is 4.99 Å². The second-order valence-corrected chi connectivity index (χ2v) is 6.16. The van der Waals surface area contributed by atoms with E-state index in [1.165, 1.54) is 10.3 Å². The number of benzene rings is 1. The number of hydrogen-bond acceptors (Lipinski definition) is 3. The van der Waals surface area contributed by atoms with E-state index in [1.807, 2.05) is 12.1 Å². The van der Waals surface area contributed by atoms with Gasteiger partial charge in [0.05, 0.1) is 5.57 Å². The molecule has 118 valence electrons. The van der Waals surface area contributed by atoms with Crippen LogP contribution >= 0.6 is 0 Å². The molecule has 4 rings (SSSR count). The van der Waals surface area contributed by atoms with Gasteiger partial charge in [-0.25, -0.2) is 0 Å². The van der Waals surface area contributed by atoms with E-state index in [0.29, 0.717) is 6.61 Å². The first-order chi connectivity index (χ1) is 11.3. The minimum absolute atomic E-state index is 0.0613. The number of rotatable bonds is 3. The Morgan fingerprint density at radius 2 is 2.13 bits per heavy atom. The van der Waals surface area contributed by atoms with E-state index in [4.69, 9.17) is 4.74 Å². The Hall–Kier alpha value is -2.36. The van der Waals surface area contributed by atoms with Gasteiger partial charge in [-0.1, -0.05) is 30.3 Å². The molecule has 0 amide bonds. The Labute approximate surface area is 136 Å². The van der Waals surface area contributed by atoms with E-state index in [1.54, 1.807) is 0 Å². The maximum Gasteiger partial charge on any atom is 0.257 e. The van der Waals surface area contributed by atoms with Gasteiger partial charge in [-0.15, -0.1) is 0 Å². The standard InChI is InChI=1S/C19H21N2O2/c22-21-16(11-10-14-6-2-1-3-7-14)15-8-5-13-23-19(15)18-17(21)9-4-12-20-18/h1-3,5-8,16,22H,4,9-13H2/q+1. The van der Waals surface area contributed by atoms with Gasteiger partial charge in [0.1, 0.15) is 6.61 Å². The molecule has 0 radical (unpaired) electrons. The maximum absolute atomic E-state index is 10.8. The number of aryl methyl sites for hydroxylation is 1. The lowest BCUT2D eigenvalue weighted by atomic mass is 9.89. The maximum atomic E-state index is 10.8. The minimum Gasteiger partial charge on any atom is -0.486 e. The summed E-state index contributed by atoms with van der Waals surface area (Å²) in [5.41, 5.74) is 4.12. The van der Waals surface area contributed by atoms with E-state index >= 15 is 0 Å². The van der Waals surface area contributed by atoms with Crippen LogP contribution in [0, 0.1) is 0 Å². The lowest BCUT2D eigenvalue weighted by Crippen LogP contribution is -2.43. The molecular weight excluding hydrogens is 288 g/mol. The number of hydrogen-bond donors (Lipinski definition) is 1. The summed E-state index contributed by atoms with van der Waals surface area (Å²) < 4.78 is 7.33. The molecule has 23 heavy (non-hydrogen) atoms. The van der Waals surface area contributed by atoms with Gasteiger partial charge >= 0.3 is 0 Å². The molecule has 0 aliphatic carbocycles. The van der Waals surface area contributed by atoms with Crippen molar-refractivity contribution in [3.8, 4) is 0 Å². The van der Waals surface area contributed by atoms with Crippen molar-refractivity contribution in [2.75, 3.05) is 13.2 Å². The fourth-order valence-electron chi connectivity index (χ4n) is 3.55. The zero-order chi connectivity index (χ0) is 15.6. The lowest BCUT2D eigenvalue weighted by Gasteiger charge is -2.27. The Balaban J connectivity index is 1.67. The van der Waals surface area contributed by atoms with Crippen molar-refractivity contribution in [3.05, 3.63) is 59.4 Å². The van der Waals surface area contributed by atoms with Crippen LogP contribution in [0.2, 0.25) is 0 Å². The molecule has 1 N–H and O–H groups in total. The number of aliphatic imine (C=N–C) groups is 1. The van der Waals surface area contributed by atoms with Crippen LogP contribution in [0.15, 0.2) is 58.8 Å². The van der Waals surface area contributed by atoms with Crippen LogP contribution in [-0.2, 0) is 11.2 Å². The summed E-state index contributed by atoms with van der Waals surface area (Å²) in [4.78, 5) is 4.60. The molecule has 0 bridgehead atoms. The van der Waals surface area contributed by atoms with Crippen molar-refractivity contribution < 1.29 is 14.7 Å². The number of fused-ring (bicyclic) bond motifs is 2. The zero-order valence-electron chi connectivity index (χ0n) is 13.1. The highest BCUT2D eigenvalue weighted by Gasteiger charge is 2.43. The van der Waals surface area contributed by atoms with E-state index in [2.05, 4.69) is 35.3 Å². The van der Waals surface area contributed by atoms with Gasteiger partial charge in [0.15, 0.2) is 11.5 Å². The first-order valence-electron chi connectivity index (χ1n) is 8.31. The molecule has 0 saturated carbocycles. The van der Waals surface area contributed by atoms with Gasteiger partial charge < -0.3 is 4.74 Å². The van der Waals surface area contributed by atoms with Crippen LogP contribution in [0.4, 0.5) is 0 Å². The summed E-state index contributed by atoms with van der Waals surface area (Å²) in [6, 6.07) is 10.3. The lowest BCUT2D eigenvalue weighted by molar-refractivity contribution is -0.794. The highest BCUT2D eigenvalue weighted by atomic mass is 16.5. The second-order valence-electron chi connectivity index (χ2n) is 6.16. The van der Waals surface area contributed by atoms with Gasteiger partial charge in [-0.2, -0.15) is 0 Å². The molecule has 1 aromatic carbocycles. The van der Waals surface area contributed by atoms with Crippen molar-refractivity contribution in [1.29, 1.82) is 0 Å². The van der Waals surface area contributed by atoms with Crippen LogP contribution in [-0.4, -0.2) is 40.6 Å². The molecular formula is C19H21N2O2+. The molecule has 0 fully saturated rings. The van der Waals surface area contributed by atoms with Gasteiger partial charge in [0, 0.05) is 19.4 Å². The van der Waals surface area contributed by atoms with Crippen LogP contribution in [0.3, 0.4) is 0 Å². The summed E-state index contributed by atoms with van der Waals surface area (Å²) in [6.45, 7) is 1.40. The van der Waals surface area contributed by atoms with Gasteiger partial charge in [0.25, 0.3) is 5.71 Å². The Morgan fingerprint density at radius 1 is 1.26 bits per heavy atom. The second kappa shape index (κ2) is 6.03. The van der Waals surface area contributed by atoms with E-state index in [0.717, 1.165) is 55.0 Å². The molecule has 3 aliphatic rings. The molecule has 3 heterocycles. The average Bonchev–Trinajstić information content (AvgIpc) is 2.63. The Kier molecular flexibility index (Phi) is 3.74. The smallest absolute Gasteiger partial charge is 0.257 e. The molecule has 0 aromatic heterocycles. The summed E-state index contributed by atoms with van der Waals surface area (Å²) in [5, 5.41) is 10.8. The fraction of sp³-hybridized carbons (Fsp3) is 0.368. The van der Waals surface area contributed by atoms with Crippen molar-refractivity contribution in [3.63, 3.8) is 0 Å². The number of allylic oxidation sites excluding steroid dienone is 1. The molecule has 3 aliphatic heterocycles. The summed E-state index contributed by atoms with van der Waals surface area (Å²) in [7, 11) is 0. The summed E-state index contributed by atoms with van der Waals surface area (Å²) in [6.07, 6.45) is 7.72. The first-order valence-corrected chi connectivity index (χ1v) is 8.31. The summed E-state index contributed by atoms with van der Waals surface area (Å²) >= 11 is 0. The third-order valence-electron chi connectivity index (χ3n) is 4.69. The van der Waals surface area contributed by atoms with Crippen molar-refractivity contribution in [2.45, 2.75) is 31.7 Å². The third kappa shape index (κ3) is 2.58. The largest absolute Gasteiger partial charge is 0.486 e. The monoisotopic (exact) mass is 309 g/mol. The molecule has 1 unspecified atom stereocenters. The first kappa shape index (κ1) is 14.2. The molecule has 1 atom stereocenters. The minimum atomic E-state index is -0.0613. The summed E-state index contributed by atoms with van der Waals surface area (Å²) in [5.74, 6) is 0.880. The third-order valence-corrected chi connectivity index (χ3v) is 4.69. The number of nitrogens with zero attached hydrogens (tertiary/aromatic N) is 2. The SMILES string of the molecule is O[N+]1=C2CCCN=C2C2=C(C=CCO2)C1CCc1ccccc1. The molecule has 4 heteroatoms. The highest BCUT2D eigenvalue weighted by Crippen LogP contribution is 2.29. The van der Waals surface area contributed by atoms with Gasteiger partial charge in [-0.3, -0.25) is 10.2 Å². The average molecular weight is 309 g/mol. The van der Waals surface area contributed by atoms with Crippen LogP contribution in [0.25, 0.3) is 0 Å². The molecule has 0 saturated heterocycles. The molecule has 4 nitrogen and oxygen atoms in total. The normalized spacial score (nSPS) is 23.1. The van der Waals surface area contributed by atoms with Gasteiger partial charge in [0.2, 0.25) is 6.04 Å². The fourth-order valence-corrected chi connectivity index (χ4v) is 3.55. The predicted molar refractivity (Wildman–Crippen MR) is 89.3 cm³/mol. The zero-order valence-corrected chi connectivity index (χ0v) is 13.1. The van der Waals surface area contributed by atoms with Crippen molar-refractivity contribution >= 4 is 11.4 Å². The Morgan fingerprint density at radius 3 is 3.00 bits per heavy atom. The molecule has 0 spiro atoms. The van der Waals surface area contributed by atoms with E-state index < -0.39 is 0 Å². The van der Waals surface area contributed by atoms with E-state index in [-0.39, 0.29) is 6.04 Å². The van der Waals surface area contributed by atoms with Gasteiger partial charge in [-0.05, 0) is 35.3 Å². The van der Waals surface area contributed by atoms with Crippen molar-refractivity contribution in [1.82, 2.24) is 0 Å². The van der Waals surface area contributed by atoms with Crippen LogP contribution < -0.4 is 0 Å². The van der Waals surface area contributed by atoms with Crippen LogP contribution in [0.5, 0.6) is 0 Å². The number of hydroxylamine groups is 1. The predicted octanol–water partition coefficient (Wildman–Crippen LogP) is 2.92. The highest BCUT2D eigenvalue weighted by molar-refractivity contribution is 6.47. The van der Waals surface area contributed by atoms with Crippen LogP contribution in [0.1, 0.15) is 24.8 Å². The van der Waals surface area contributed by atoms with E-state index in [9.17, 15) is 5.21 Å². The number of ether oxygens (including phenoxy) is 1.